The summed E-state index contributed by atoms with van der Waals surface area (Å²) >= 11 is 0. The van der Waals surface area contributed by atoms with Crippen LogP contribution in [0.5, 0.6) is 0 Å². The first-order valence-corrected chi connectivity index (χ1v) is 13.5. The smallest absolute Gasteiger partial charge is 0.0462 e. The molecule has 0 saturated carbocycles. The molecule has 1 heterocycles. The van der Waals surface area contributed by atoms with Crippen LogP contribution in [0.3, 0.4) is 0 Å². The van der Waals surface area contributed by atoms with Crippen LogP contribution in [0.1, 0.15) is 35.1 Å². The molecule has 2 aliphatic carbocycles. The van der Waals surface area contributed by atoms with Crippen LogP contribution >= 0.6 is 0 Å². The summed E-state index contributed by atoms with van der Waals surface area (Å²) in [6, 6.07) is 37.8. The summed E-state index contributed by atoms with van der Waals surface area (Å²) in [5.41, 5.74) is 13.1. The summed E-state index contributed by atoms with van der Waals surface area (Å²) in [7, 11) is 0. The number of hydrogen-bond acceptors (Lipinski definition) is 1. The van der Waals surface area contributed by atoms with Crippen LogP contribution in [0, 0.1) is 0 Å². The van der Waals surface area contributed by atoms with Gasteiger partial charge in [0.25, 0.3) is 0 Å². The monoisotopic (exact) mass is 490 g/mol. The Labute approximate surface area is 224 Å². The highest BCUT2D eigenvalue weighted by atomic mass is 15.1. The van der Waals surface area contributed by atoms with Crippen molar-refractivity contribution in [2.75, 3.05) is 4.90 Å². The van der Waals surface area contributed by atoms with E-state index in [1.807, 2.05) is 0 Å². The number of aromatic nitrogens is 1. The molecule has 0 radical (unpaired) electrons. The van der Waals surface area contributed by atoms with Gasteiger partial charge in [0.1, 0.15) is 0 Å². The molecule has 2 nitrogen and oxygen atoms in total. The van der Waals surface area contributed by atoms with Crippen LogP contribution in [0.25, 0.3) is 16.8 Å². The van der Waals surface area contributed by atoms with E-state index in [1.165, 1.54) is 50.5 Å². The molecule has 0 atom stereocenters. The van der Waals surface area contributed by atoms with Crippen molar-refractivity contribution >= 4 is 11.4 Å². The molecule has 38 heavy (non-hydrogen) atoms. The predicted octanol–water partition coefficient (Wildman–Crippen LogP) is 9.01. The normalized spacial score (nSPS) is 13.9. The highest BCUT2D eigenvalue weighted by molar-refractivity contribution is 5.74. The van der Waals surface area contributed by atoms with Gasteiger partial charge in [-0.1, -0.05) is 66.7 Å². The zero-order valence-electron chi connectivity index (χ0n) is 21.4. The van der Waals surface area contributed by atoms with E-state index in [4.69, 9.17) is 0 Å². The second-order valence-electron chi connectivity index (χ2n) is 10.2. The molecule has 0 spiro atoms. The maximum atomic E-state index is 2.39. The molecule has 0 saturated heterocycles. The third kappa shape index (κ3) is 4.29. The number of allylic oxidation sites excluding steroid dienone is 3. The Bertz CT molecular complexity index is 1640. The zero-order chi connectivity index (χ0) is 25.3. The largest absolute Gasteiger partial charge is 0.324 e. The first-order valence-electron chi connectivity index (χ1n) is 13.5. The molecule has 2 aliphatic rings. The highest BCUT2D eigenvalue weighted by Gasteiger charge is 2.17. The van der Waals surface area contributed by atoms with Crippen LogP contribution < -0.4 is 4.90 Å². The maximum Gasteiger partial charge on any atom is 0.0462 e. The molecular weight excluding hydrogens is 460 g/mol. The molecule has 7 rings (SSSR count). The van der Waals surface area contributed by atoms with Gasteiger partial charge in [0.2, 0.25) is 0 Å². The Balaban J connectivity index is 1.20. The van der Waals surface area contributed by atoms with Crippen LogP contribution in [0.2, 0.25) is 0 Å². The predicted molar refractivity (Wildman–Crippen MR) is 158 cm³/mol. The molecule has 0 N–H and O–H groups in total. The highest BCUT2D eigenvalue weighted by Crippen LogP contribution is 2.35. The lowest BCUT2D eigenvalue weighted by atomic mass is 9.84. The Morgan fingerprint density at radius 3 is 1.87 bits per heavy atom. The molecule has 0 bridgehead atoms. The second-order valence-corrected chi connectivity index (χ2v) is 10.2. The van der Waals surface area contributed by atoms with Crippen molar-refractivity contribution in [3.8, 4) is 16.8 Å². The summed E-state index contributed by atoms with van der Waals surface area (Å²) in [6.45, 7) is 0. The summed E-state index contributed by atoms with van der Waals surface area (Å²) in [5, 5.41) is 0. The number of fused-ring (bicyclic) bond motifs is 2. The second kappa shape index (κ2) is 9.72. The minimum absolute atomic E-state index is 1.02. The summed E-state index contributed by atoms with van der Waals surface area (Å²) in [5.74, 6) is 0. The van der Waals surface area contributed by atoms with E-state index in [-0.39, 0.29) is 0 Å². The minimum atomic E-state index is 1.02. The van der Waals surface area contributed by atoms with E-state index in [2.05, 4.69) is 143 Å². The molecule has 1 aromatic heterocycles. The van der Waals surface area contributed by atoms with Gasteiger partial charge in [0.05, 0.1) is 0 Å². The first-order chi connectivity index (χ1) is 18.8. The Hall–Kier alpha value is -4.56. The standard InChI is InChI=1S/C36H30N2/c1-2-10-34(11-3-1)38(36-20-18-33(19-21-36)37-22-6-7-23-37)35-16-14-27(15-17-35)30-12-13-31-24-28-8-4-5-9-29(28)25-32(31)26-30/h2,4-23,26H,1,3,24-25H2. The molecule has 0 aliphatic heterocycles. The SMILES string of the molecule is C1=CC(N(c2ccc(-c3ccc4c(c3)Cc3ccccc3C4)cc2)c2ccc(-n3cccc3)cc2)=CCC1. The van der Waals surface area contributed by atoms with Gasteiger partial charge < -0.3 is 9.47 Å². The van der Waals surface area contributed by atoms with Crippen molar-refractivity contribution in [1.29, 1.82) is 0 Å². The van der Waals surface area contributed by atoms with Crippen molar-refractivity contribution in [3.63, 3.8) is 0 Å². The van der Waals surface area contributed by atoms with Crippen LogP contribution in [-0.2, 0) is 12.8 Å². The summed E-state index contributed by atoms with van der Waals surface area (Å²) in [6.07, 6.45) is 15.3. The van der Waals surface area contributed by atoms with Gasteiger partial charge in [0, 0.05) is 35.2 Å². The molecule has 0 amide bonds. The number of anilines is 2. The van der Waals surface area contributed by atoms with E-state index in [9.17, 15) is 0 Å². The molecule has 184 valence electrons. The number of hydrogen-bond donors (Lipinski definition) is 0. The average Bonchev–Trinajstić information content (AvgIpc) is 3.53. The summed E-state index contributed by atoms with van der Waals surface area (Å²) < 4.78 is 2.14. The molecular formula is C36H30N2. The van der Waals surface area contributed by atoms with Gasteiger partial charge in [0.15, 0.2) is 0 Å². The maximum absolute atomic E-state index is 2.39. The van der Waals surface area contributed by atoms with E-state index in [0.717, 1.165) is 31.4 Å². The average molecular weight is 491 g/mol. The fourth-order valence-corrected chi connectivity index (χ4v) is 5.75. The van der Waals surface area contributed by atoms with E-state index in [1.54, 1.807) is 0 Å². The number of rotatable bonds is 5. The van der Waals surface area contributed by atoms with Crippen LogP contribution in [0.15, 0.2) is 139 Å². The molecule has 5 aromatic rings. The number of benzene rings is 4. The van der Waals surface area contributed by atoms with Crippen molar-refractivity contribution < 1.29 is 0 Å². The number of nitrogens with zero attached hydrogens (tertiary/aromatic N) is 2. The Morgan fingerprint density at radius 2 is 1.18 bits per heavy atom. The molecule has 0 unspecified atom stereocenters. The minimum Gasteiger partial charge on any atom is -0.324 e. The molecule has 0 fully saturated rings. The fourth-order valence-electron chi connectivity index (χ4n) is 5.75. The van der Waals surface area contributed by atoms with Gasteiger partial charge in [-0.15, -0.1) is 0 Å². The Morgan fingerprint density at radius 1 is 0.553 bits per heavy atom. The van der Waals surface area contributed by atoms with E-state index in [0.29, 0.717) is 0 Å². The van der Waals surface area contributed by atoms with Crippen molar-refractivity contribution in [2.24, 2.45) is 0 Å². The third-order valence-electron chi connectivity index (χ3n) is 7.79. The lowest BCUT2D eigenvalue weighted by molar-refractivity contribution is 0.996. The van der Waals surface area contributed by atoms with Gasteiger partial charge >= 0.3 is 0 Å². The quantitative estimate of drug-likeness (QED) is 0.234. The van der Waals surface area contributed by atoms with Crippen molar-refractivity contribution in [3.05, 3.63) is 162 Å². The lowest BCUT2D eigenvalue weighted by Gasteiger charge is -2.28. The zero-order valence-corrected chi connectivity index (χ0v) is 21.4. The van der Waals surface area contributed by atoms with Gasteiger partial charge in [-0.3, -0.25) is 0 Å². The third-order valence-corrected chi connectivity index (χ3v) is 7.79. The van der Waals surface area contributed by atoms with Gasteiger partial charge in [-0.2, -0.15) is 0 Å². The topological polar surface area (TPSA) is 8.17 Å². The van der Waals surface area contributed by atoms with Crippen molar-refractivity contribution in [1.82, 2.24) is 4.57 Å². The van der Waals surface area contributed by atoms with E-state index >= 15 is 0 Å². The molecule has 2 heteroatoms. The van der Waals surface area contributed by atoms with Gasteiger partial charge in [-0.05, 0) is 114 Å². The van der Waals surface area contributed by atoms with E-state index < -0.39 is 0 Å². The fraction of sp³-hybridized carbons (Fsp3) is 0.111. The Kier molecular flexibility index (Phi) is 5.79. The first kappa shape index (κ1) is 22.6. The molecule has 4 aromatic carbocycles. The van der Waals surface area contributed by atoms with Crippen molar-refractivity contribution in [2.45, 2.75) is 25.7 Å². The lowest BCUT2D eigenvalue weighted by Crippen LogP contribution is -2.16. The van der Waals surface area contributed by atoms with Crippen LogP contribution in [0.4, 0.5) is 11.4 Å². The van der Waals surface area contributed by atoms with Crippen LogP contribution in [-0.4, -0.2) is 4.57 Å². The summed E-state index contributed by atoms with van der Waals surface area (Å²) in [4.78, 5) is 2.36. The van der Waals surface area contributed by atoms with Gasteiger partial charge in [-0.25, -0.2) is 0 Å².